The molecule has 0 saturated carbocycles. The Morgan fingerprint density at radius 2 is 1.95 bits per heavy atom. The highest BCUT2D eigenvalue weighted by molar-refractivity contribution is 5.89. The van der Waals surface area contributed by atoms with Crippen LogP contribution in [0.3, 0.4) is 0 Å². The number of urea groups is 1. The molecule has 112 valence electrons. The average molecular weight is 294 g/mol. The Bertz CT molecular complexity index is 759. The summed E-state index contributed by atoms with van der Waals surface area (Å²) in [5.41, 5.74) is 2.78. The van der Waals surface area contributed by atoms with Gasteiger partial charge < -0.3 is 15.1 Å². The van der Waals surface area contributed by atoms with Gasteiger partial charge >= 0.3 is 6.03 Å². The predicted octanol–water partition coefficient (Wildman–Crippen LogP) is 4.11. The molecule has 0 spiro atoms. The second-order valence-corrected chi connectivity index (χ2v) is 5.25. The van der Waals surface area contributed by atoms with Crippen molar-refractivity contribution in [1.29, 1.82) is 0 Å². The van der Waals surface area contributed by atoms with Gasteiger partial charge in [-0.1, -0.05) is 30.3 Å². The summed E-state index contributed by atoms with van der Waals surface area (Å²) >= 11 is 0. The third-order valence-electron chi connectivity index (χ3n) is 3.41. The second-order valence-electron chi connectivity index (χ2n) is 5.25. The van der Waals surface area contributed by atoms with Gasteiger partial charge in [0.15, 0.2) is 0 Å². The normalized spacial score (nSPS) is 10.6. The van der Waals surface area contributed by atoms with E-state index >= 15 is 0 Å². The topological polar surface area (TPSA) is 54.3 Å². The van der Waals surface area contributed by atoms with Crippen molar-refractivity contribution in [2.45, 2.75) is 13.3 Å². The SMILES string of the molecule is Cc1cccc(NC(=O)NCCc2cc3ccccc3o2)c1. The second kappa shape index (κ2) is 6.35. The zero-order valence-electron chi connectivity index (χ0n) is 12.4. The lowest BCUT2D eigenvalue weighted by molar-refractivity contribution is 0.252. The number of para-hydroxylation sites is 1. The number of nitrogens with one attached hydrogen (secondary N) is 2. The molecule has 0 fully saturated rings. The first-order valence-corrected chi connectivity index (χ1v) is 7.30. The number of amides is 2. The molecule has 0 radical (unpaired) electrons. The van der Waals surface area contributed by atoms with Gasteiger partial charge in [0, 0.05) is 24.0 Å². The van der Waals surface area contributed by atoms with Gasteiger partial charge in [-0.2, -0.15) is 0 Å². The number of carbonyl (C=O) groups is 1. The van der Waals surface area contributed by atoms with Gasteiger partial charge in [-0.3, -0.25) is 0 Å². The van der Waals surface area contributed by atoms with Crippen molar-refractivity contribution < 1.29 is 9.21 Å². The number of carbonyl (C=O) groups excluding carboxylic acids is 1. The molecule has 1 aromatic heterocycles. The molecule has 0 bridgehead atoms. The molecule has 4 nitrogen and oxygen atoms in total. The van der Waals surface area contributed by atoms with Crippen molar-refractivity contribution in [3.8, 4) is 0 Å². The summed E-state index contributed by atoms with van der Waals surface area (Å²) in [6, 6.07) is 17.4. The molecule has 2 N–H and O–H groups in total. The van der Waals surface area contributed by atoms with Crippen LogP contribution in [0.1, 0.15) is 11.3 Å². The van der Waals surface area contributed by atoms with E-state index in [1.807, 2.05) is 61.5 Å². The van der Waals surface area contributed by atoms with E-state index in [0.717, 1.165) is 28.0 Å². The van der Waals surface area contributed by atoms with Crippen molar-refractivity contribution in [2.24, 2.45) is 0 Å². The van der Waals surface area contributed by atoms with Crippen LogP contribution in [0.15, 0.2) is 59.0 Å². The molecule has 2 amide bonds. The molecule has 0 saturated heterocycles. The minimum atomic E-state index is -0.207. The highest BCUT2D eigenvalue weighted by atomic mass is 16.3. The minimum absolute atomic E-state index is 0.207. The third-order valence-corrected chi connectivity index (χ3v) is 3.41. The van der Waals surface area contributed by atoms with E-state index in [1.165, 1.54) is 0 Å². The summed E-state index contributed by atoms with van der Waals surface area (Å²) in [6.45, 7) is 2.52. The fraction of sp³-hybridized carbons (Fsp3) is 0.167. The highest BCUT2D eigenvalue weighted by Gasteiger charge is 2.05. The first-order valence-electron chi connectivity index (χ1n) is 7.30. The van der Waals surface area contributed by atoms with E-state index in [-0.39, 0.29) is 6.03 Å². The number of benzene rings is 2. The smallest absolute Gasteiger partial charge is 0.319 e. The molecule has 1 heterocycles. The molecule has 0 aliphatic carbocycles. The molecular weight excluding hydrogens is 276 g/mol. The Labute approximate surface area is 129 Å². The van der Waals surface area contributed by atoms with Crippen LogP contribution in [-0.4, -0.2) is 12.6 Å². The monoisotopic (exact) mass is 294 g/mol. The Hall–Kier alpha value is -2.75. The van der Waals surface area contributed by atoms with E-state index in [4.69, 9.17) is 4.42 Å². The number of hydrogen-bond acceptors (Lipinski definition) is 2. The maximum Gasteiger partial charge on any atom is 0.319 e. The van der Waals surface area contributed by atoms with Gasteiger partial charge in [-0.25, -0.2) is 4.79 Å². The number of rotatable bonds is 4. The van der Waals surface area contributed by atoms with Crippen molar-refractivity contribution >= 4 is 22.7 Å². The molecule has 2 aromatic carbocycles. The van der Waals surface area contributed by atoms with Crippen LogP contribution < -0.4 is 10.6 Å². The third kappa shape index (κ3) is 3.47. The lowest BCUT2D eigenvalue weighted by atomic mass is 10.2. The number of fused-ring (bicyclic) bond motifs is 1. The molecule has 3 aromatic rings. The van der Waals surface area contributed by atoms with Gasteiger partial charge in [0.2, 0.25) is 0 Å². The maximum absolute atomic E-state index is 11.8. The quantitative estimate of drug-likeness (QED) is 0.761. The van der Waals surface area contributed by atoms with Crippen LogP contribution in [-0.2, 0) is 6.42 Å². The maximum atomic E-state index is 11.8. The summed E-state index contributed by atoms with van der Waals surface area (Å²) in [5, 5.41) is 6.73. The molecule has 0 aliphatic heterocycles. The van der Waals surface area contributed by atoms with Gasteiger partial charge in [0.25, 0.3) is 0 Å². The van der Waals surface area contributed by atoms with Crippen molar-refractivity contribution in [3.05, 3.63) is 65.9 Å². The first kappa shape index (κ1) is 14.2. The first-order chi connectivity index (χ1) is 10.7. The summed E-state index contributed by atoms with van der Waals surface area (Å²) in [5.74, 6) is 0.872. The molecular formula is C18H18N2O2. The zero-order valence-corrected chi connectivity index (χ0v) is 12.4. The lowest BCUT2D eigenvalue weighted by Gasteiger charge is -2.07. The molecule has 0 unspecified atom stereocenters. The summed E-state index contributed by atoms with van der Waals surface area (Å²) in [7, 11) is 0. The fourth-order valence-corrected chi connectivity index (χ4v) is 2.36. The van der Waals surface area contributed by atoms with Crippen molar-refractivity contribution in [2.75, 3.05) is 11.9 Å². The Morgan fingerprint density at radius 1 is 1.09 bits per heavy atom. The van der Waals surface area contributed by atoms with Crippen molar-refractivity contribution in [1.82, 2.24) is 5.32 Å². The van der Waals surface area contributed by atoms with E-state index in [9.17, 15) is 4.79 Å². The number of furan rings is 1. The Morgan fingerprint density at radius 3 is 2.77 bits per heavy atom. The van der Waals surface area contributed by atoms with Gasteiger partial charge in [-0.05, 0) is 36.8 Å². The number of aryl methyl sites for hydroxylation is 1. The Kier molecular flexibility index (Phi) is 4.10. The van der Waals surface area contributed by atoms with Crippen molar-refractivity contribution in [3.63, 3.8) is 0 Å². The van der Waals surface area contributed by atoms with Gasteiger partial charge in [-0.15, -0.1) is 0 Å². The van der Waals surface area contributed by atoms with E-state index in [2.05, 4.69) is 10.6 Å². The molecule has 22 heavy (non-hydrogen) atoms. The summed E-state index contributed by atoms with van der Waals surface area (Å²) < 4.78 is 5.71. The molecule has 0 aliphatic rings. The van der Waals surface area contributed by atoms with E-state index < -0.39 is 0 Å². The molecule has 4 heteroatoms. The van der Waals surface area contributed by atoms with Crippen LogP contribution in [0.4, 0.5) is 10.5 Å². The number of hydrogen-bond donors (Lipinski definition) is 2. The van der Waals surface area contributed by atoms with Gasteiger partial charge in [0.1, 0.15) is 11.3 Å². The number of anilines is 1. The standard InChI is InChI=1S/C18H18N2O2/c1-13-5-4-7-15(11-13)20-18(21)19-10-9-16-12-14-6-2-3-8-17(14)22-16/h2-8,11-12H,9-10H2,1H3,(H2,19,20,21). The largest absolute Gasteiger partial charge is 0.461 e. The zero-order chi connectivity index (χ0) is 15.4. The minimum Gasteiger partial charge on any atom is -0.461 e. The van der Waals surface area contributed by atoms with E-state index in [0.29, 0.717) is 13.0 Å². The van der Waals surface area contributed by atoms with Crippen LogP contribution in [0, 0.1) is 6.92 Å². The molecule has 0 atom stereocenters. The lowest BCUT2D eigenvalue weighted by Crippen LogP contribution is -2.30. The highest BCUT2D eigenvalue weighted by Crippen LogP contribution is 2.18. The summed E-state index contributed by atoms with van der Waals surface area (Å²) in [4.78, 5) is 11.8. The fourth-order valence-electron chi connectivity index (χ4n) is 2.36. The van der Waals surface area contributed by atoms with Crippen LogP contribution in [0.25, 0.3) is 11.0 Å². The van der Waals surface area contributed by atoms with Crippen LogP contribution >= 0.6 is 0 Å². The van der Waals surface area contributed by atoms with Crippen LogP contribution in [0.5, 0.6) is 0 Å². The summed E-state index contributed by atoms with van der Waals surface area (Å²) in [6.07, 6.45) is 0.663. The van der Waals surface area contributed by atoms with E-state index in [1.54, 1.807) is 0 Å². The molecule has 3 rings (SSSR count). The van der Waals surface area contributed by atoms with Gasteiger partial charge in [0.05, 0.1) is 0 Å². The van der Waals surface area contributed by atoms with Crippen LogP contribution in [0.2, 0.25) is 0 Å². The predicted molar refractivity (Wildman–Crippen MR) is 88.1 cm³/mol. The Balaban J connectivity index is 1.51. The average Bonchev–Trinajstić information content (AvgIpc) is 2.90.